The van der Waals surface area contributed by atoms with Gasteiger partial charge in [-0.15, -0.1) is 0 Å². The molecule has 0 radical (unpaired) electrons. The zero-order chi connectivity index (χ0) is 17.1. The van der Waals surface area contributed by atoms with Crippen molar-refractivity contribution in [3.8, 4) is 0 Å². The van der Waals surface area contributed by atoms with E-state index in [0.29, 0.717) is 6.54 Å². The van der Waals surface area contributed by atoms with Crippen LogP contribution in [0.25, 0.3) is 0 Å². The van der Waals surface area contributed by atoms with Crippen molar-refractivity contribution >= 4 is 6.03 Å². The third kappa shape index (κ3) is 3.40. The Bertz CT molecular complexity index is 720. The third-order valence-corrected chi connectivity index (χ3v) is 4.70. The maximum Gasteiger partial charge on any atom is 0.317 e. The van der Waals surface area contributed by atoms with Crippen LogP contribution in [0.3, 0.4) is 0 Å². The minimum Gasteiger partial charge on any atom is -0.331 e. The van der Waals surface area contributed by atoms with Gasteiger partial charge in [-0.25, -0.2) is 9.18 Å². The molecule has 1 aromatic carbocycles. The number of fused-ring (bicyclic) bond motifs is 1. The van der Waals surface area contributed by atoms with Crippen LogP contribution in [0.15, 0.2) is 42.7 Å². The molecule has 126 valence electrons. The summed E-state index contributed by atoms with van der Waals surface area (Å²) < 4.78 is 14.0. The van der Waals surface area contributed by atoms with Crippen LogP contribution in [0.5, 0.6) is 0 Å². The Balaban J connectivity index is 1.73. The highest BCUT2D eigenvalue weighted by molar-refractivity contribution is 5.74. The number of amides is 2. The number of urea groups is 1. The van der Waals surface area contributed by atoms with E-state index in [9.17, 15) is 9.18 Å². The summed E-state index contributed by atoms with van der Waals surface area (Å²) in [4.78, 5) is 18.2. The summed E-state index contributed by atoms with van der Waals surface area (Å²) in [5, 5.41) is 3.08. The second kappa shape index (κ2) is 6.99. The number of aromatic nitrogens is 1. The van der Waals surface area contributed by atoms with Crippen molar-refractivity contribution < 1.29 is 9.18 Å². The first kappa shape index (κ1) is 16.4. The molecule has 2 aromatic rings. The molecule has 1 heterocycles. The molecule has 1 aliphatic rings. The first-order valence-corrected chi connectivity index (χ1v) is 8.24. The van der Waals surface area contributed by atoms with E-state index >= 15 is 0 Å². The molecule has 0 saturated heterocycles. The zero-order valence-corrected chi connectivity index (χ0v) is 14.0. The van der Waals surface area contributed by atoms with Crippen LogP contribution in [-0.2, 0) is 13.0 Å². The first-order chi connectivity index (χ1) is 11.6. The molecule has 0 spiro atoms. The van der Waals surface area contributed by atoms with Crippen LogP contribution >= 0.6 is 0 Å². The van der Waals surface area contributed by atoms with E-state index in [1.54, 1.807) is 30.4 Å². The van der Waals surface area contributed by atoms with Crippen molar-refractivity contribution in [1.82, 2.24) is 15.2 Å². The molecule has 1 aromatic heterocycles. The van der Waals surface area contributed by atoms with Gasteiger partial charge < -0.3 is 10.2 Å². The van der Waals surface area contributed by atoms with Gasteiger partial charge in [-0.2, -0.15) is 0 Å². The molecule has 0 aliphatic heterocycles. The molecule has 0 saturated carbocycles. The van der Waals surface area contributed by atoms with E-state index < -0.39 is 0 Å². The number of rotatable bonds is 3. The second-order valence-corrected chi connectivity index (χ2v) is 6.46. The van der Waals surface area contributed by atoms with Gasteiger partial charge in [0, 0.05) is 26.0 Å². The fraction of sp³-hybridized carbons (Fsp3) is 0.368. The topological polar surface area (TPSA) is 45.2 Å². The second-order valence-electron chi connectivity index (χ2n) is 6.46. The lowest BCUT2D eigenvalue weighted by Gasteiger charge is -2.33. The van der Waals surface area contributed by atoms with Gasteiger partial charge in [-0.1, -0.05) is 19.1 Å². The molecule has 2 atom stereocenters. The Morgan fingerprint density at radius 2 is 2.08 bits per heavy atom. The minimum atomic E-state index is -0.177. The van der Waals surface area contributed by atoms with Gasteiger partial charge >= 0.3 is 6.03 Å². The molecule has 1 aliphatic carbocycles. The van der Waals surface area contributed by atoms with E-state index in [0.717, 1.165) is 29.5 Å². The summed E-state index contributed by atoms with van der Waals surface area (Å²) in [6.07, 6.45) is 5.02. The number of nitrogens with zero attached hydrogens (tertiary/aromatic N) is 2. The Labute approximate surface area is 141 Å². The lowest BCUT2D eigenvalue weighted by Crippen LogP contribution is -2.42. The summed E-state index contributed by atoms with van der Waals surface area (Å²) in [7, 11) is 1.76. The van der Waals surface area contributed by atoms with Crippen molar-refractivity contribution in [2.75, 3.05) is 7.05 Å². The number of carbonyl (C=O) groups is 1. The number of hydrogen-bond acceptors (Lipinski definition) is 2. The van der Waals surface area contributed by atoms with Crippen molar-refractivity contribution in [2.24, 2.45) is 5.92 Å². The van der Waals surface area contributed by atoms with E-state index in [2.05, 4.69) is 17.2 Å². The predicted octanol–water partition coefficient (Wildman–Crippen LogP) is 3.69. The Hall–Kier alpha value is -2.43. The first-order valence-electron chi connectivity index (χ1n) is 8.24. The predicted molar refractivity (Wildman–Crippen MR) is 90.9 cm³/mol. The molecular formula is C19H22FN3O. The molecule has 2 unspecified atom stereocenters. The minimum absolute atomic E-state index is 0.152. The number of pyridine rings is 1. The van der Waals surface area contributed by atoms with Crippen molar-refractivity contribution in [3.63, 3.8) is 0 Å². The Morgan fingerprint density at radius 3 is 2.83 bits per heavy atom. The van der Waals surface area contributed by atoms with Crippen molar-refractivity contribution in [1.29, 1.82) is 0 Å². The third-order valence-electron chi connectivity index (χ3n) is 4.70. The van der Waals surface area contributed by atoms with Crippen LogP contribution in [-0.4, -0.2) is 23.0 Å². The highest BCUT2D eigenvalue weighted by atomic mass is 19.1. The van der Waals surface area contributed by atoms with Gasteiger partial charge in [0.15, 0.2) is 0 Å². The summed E-state index contributed by atoms with van der Waals surface area (Å²) in [6.45, 7) is 2.60. The van der Waals surface area contributed by atoms with Crippen LogP contribution in [0.2, 0.25) is 0 Å². The van der Waals surface area contributed by atoms with Crippen LogP contribution in [0.4, 0.5) is 9.18 Å². The molecule has 0 fully saturated rings. The Morgan fingerprint density at radius 1 is 1.33 bits per heavy atom. The number of hydrogen-bond donors (Lipinski definition) is 1. The maximum atomic E-state index is 14.0. The largest absolute Gasteiger partial charge is 0.331 e. The van der Waals surface area contributed by atoms with Gasteiger partial charge in [0.05, 0.1) is 6.04 Å². The molecule has 0 bridgehead atoms. The maximum absolute atomic E-state index is 14.0. The van der Waals surface area contributed by atoms with Gasteiger partial charge in [-0.3, -0.25) is 4.98 Å². The van der Waals surface area contributed by atoms with Gasteiger partial charge in [0.25, 0.3) is 0 Å². The van der Waals surface area contributed by atoms with Crippen molar-refractivity contribution in [2.45, 2.75) is 32.4 Å². The van der Waals surface area contributed by atoms with Gasteiger partial charge in [0.2, 0.25) is 0 Å². The number of benzene rings is 1. The van der Waals surface area contributed by atoms with Gasteiger partial charge in [0.1, 0.15) is 5.82 Å². The SMILES string of the molecule is CC1CCc2c(F)cccc2C1NC(=O)N(C)Cc1ccncc1. The quantitative estimate of drug-likeness (QED) is 0.934. The van der Waals surface area contributed by atoms with E-state index in [4.69, 9.17) is 0 Å². The summed E-state index contributed by atoms with van der Waals surface area (Å²) >= 11 is 0. The van der Waals surface area contributed by atoms with E-state index in [1.165, 1.54) is 6.07 Å². The fourth-order valence-corrected chi connectivity index (χ4v) is 3.27. The summed E-state index contributed by atoms with van der Waals surface area (Å²) in [6, 6.07) is 8.59. The van der Waals surface area contributed by atoms with Gasteiger partial charge in [-0.05, 0) is 53.6 Å². The molecule has 4 nitrogen and oxygen atoms in total. The number of nitrogens with one attached hydrogen (secondary N) is 1. The Kier molecular flexibility index (Phi) is 4.79. The molecule has 1 N–H and O–H groups in total. The lowest BCUT2D eigenvalue weighted by atomic mass is 9.80. The van der Waals surface area contributed by atoms with Crippen LogP contribution in [0.1, 0.15) is 36.1 Å². The van der Waals surface area contributed by atoms with Crippen LogP contribution in [0, 0.1) is 11.7 Å². The summed E-state index contributed by atoms with van der Waals surface area (Å²) in [5.74, 6) is 0.0985. The lowest BCUT2D eigenvalue weighted by molar-refractivity contribution is 0.195. The highest BCUT2D eigenvalue weighted by Gasteiger charge is 2.30. The number of carbonyl (C=O) groups excluding carboxylic acids is 1. The highest BCUT2D eigenvalue weighted by Crippen LogP contribution is 2.35. The molecule has 2 amide bonds. The van der Waals surface area contributed by atoms with E-state index in [-0.39, 0.29) is 23.8 Å². The van der Waals surface area contributed by atoms with E-state index in [1.807, 2.05) is 18.2 Å². The molecule has 3 rings (SSSR count). The molecule has 24 heavy (non-hydrogen) atoms. The molecule has 5 heteroatoms. The average Bonchev–Trinajstić information content (AvgIpc) is 2.58. The van der Waals surface area contributed by atoms with Crippen LogP contribution < -0.4 is 5.32 Å². The smallest absolute Gasteiger partial charge is 0.317 e. The normalized spacial score (nSPS) is 19.5. The zero-order valence-electron chi connectivity index (χ0n) is 14.0. The number of halogens is 1. The summed E-state index contributed by atoms with van der Waals surface area (Å²) in [5.41, 5.74) is 2.66. The standard InChI is InChI=1S/C19H22FN3O/c1-13-6-7-15-16(4-3-5-17(15)20)18(13)22-19(24)23(2)12-14-8-10-21-11-9-14/h3-5,8-11,13,18H,6-7,12H2,1-2H3,(H,22,24). The fourth-order valence-electron chi connectivity index (χ4n) is 3.27. The average molecular weight is 327 g/mol. The van der Waals surface area contributed by atoms with Crippen molar-refractivity contribution in [3.05, 3.63) is 65.2 Å². The molecular weight excluding hydrogens is 305 g/mol. The monoisotopic (exact) mass is 327 g/mol.